The zero-order valence-corrected chi connectivity index (χ0v) is 8.68. The largest absolute Gasteiger partial charge is 0.324 e. The lowest BCUT2D eigenvalue weighted by atomic mass is 10.2. The minimum absolute atomic E-state index is 0.722. The van der Waals surface area contributed by atoms with Crippen molar-refractivity contribution in [3.8, 4) is 0 Å². The van der Waals surface area contributed by atoms with E-state index in [-0.39, 0.29) is 0 Å². The topological polar surface area (TPSA) is 17.1 Å². The Labute approximate surface area is 76.2 Å². The van der Waals surface area contributed by atoms with Crippen molar-refractivity contribution >= 4 is 6.29 Å². The van der Waals surface area contributed by atoms with Crippen LogP contribution in [0.25, 0.3) is 0 Å². The molecule has 2 heteroatoms. The highest BCUT2D eigenvalue weighted by molar-refractivity contribution is 5.48. The Morgan fingerprint density at radius 2 is 1.58 bits per heavy atom. The standard InChI is InChI=1S/C10H22NO/c1-4-11(5-2,6-3)9-7-8-10-12/h10H,4-9H2,1-3H3/q+1. The van der Waals surface area contributed by atoms with Gasteiger partial charge in [0.25, 0.3) is 0 Å². The predicted octanol–water partition coefficient (Wildman–Crippen LogP) is 1.84. The molecule has 72 valence electrons. The smallest absolute Gasteiger partial charge is 0.120 e. The van der Waals surface area contributed by atoms with Crippen molar-refractivity contribution in [1.29, 1.82) is 0 Å². The van der Waals surface area contributed by atoms with Gasteiger partial charge in [0.1, 0.15) is 6.29 Å². The molecule has 2 nitrogen and oxygen atoms in total. The Morgan fingerprint density at radius 3 is 1.92 bits per heavy atom. The monoisotopic (exact) mass is 172 g/mol. The van der Waals surface area contributed by atoms with Crippen molar-refractivity contribution in [2.45, 2.75) is 33.6 Å². The molecule has 0 bridgehead atoms. The normalized spacial score (nSPS) is 11.6. The molecule has 0 aromatic rings. The predicted molar refractivity (Wildman–Crippen MR) is 52.0 cm³/mol. The molecule has 0 aliphatic carbocycles. The third-order valence-corrected chi connectivity index (χ3v) is 2.97. The molecule has 0 amide bonds. The van der Waals surface area contributed by atoms with Gasteiger partial charge in [-0.1, -0.05) is 0 Å². The molecular weight excluding hydrogens is 150 g/mol. The van der Waals surface area contributed by atoms with E-state index in [1.165, 1.54) is 19.6 Å². The SMILES string of the molecule is CC[N+](CC)(CC)CCCC=O. The van der Waals surface area contributed by atoms with E-state index < -0.39 is 0 Å². The average Bonchev–Trinajstić information content (AvgIpc) is 2.14. The minimum Gasteiger partial charge on any atom is -0.324 e. The second-order valence-electron chi connectivity index (χ2n) is 3.32. The van der Waals surface area contributed by atoms with Crippen LogP contribution in [0.15, 0.2) is 0 Å². The highest BCUT2D eigenvalue weighted by Gasteiger charge is 2.19. The molecule has 0 aliphatic rings. The second-order valence-corrected chi connectivity index (χ2v) is 3.32. The second kappa shape index (κ2) is 6.18. The Morgan fingerprint density at radius 1 is 1.08 bits per heavy atom. The van der Waals surface area contributed by atoms with Gasteiger partial charge in [0.05, 0.1) is 26.2 Å². The van der Waals surface area contributed by atoms with Gasteiger partial charge in [0.2, 0.25) is 0 Å². The fourth-order valence-corrected chi connectivity index (χ4v) is 1.66. The number of quaternary nitrogens is 1. The van der Waals surface area contributed by atoms with Gasteiger partial charge in [0, 0.05) is 12.8 Å². The maximum absolute atomic E-state index is 10.1. The maximum atomic E-state index is 10.1. The first-order valence-electron chi connectivity index (χ1n) is 5.03. The highest BCUT2D eigenvalue weighted by atomic mass is 16.1. The van der Waals surface area contributed by atoms with E-state index in [0.717, 1.165) is 30.2 Å². The van der Waals surface area contributed by atoms with Crippen LogP contribution in [0.4, 0.5) is 0 Å². The summed E-state index contributed by atoms with van der Waals surface area (Å²) in [5, 5.41) is 0. The van der Waals surface area contributed by atoms with Gasteiger partial charge in [-0.15, -0.1) is 0 Å². The summed E-state index contributed by atoms with van der Waals surface area (Å²) in [6.07, 6.45) is 2.79. The van der Waals surface area contributed by atoms with E-state index >= 15 is 0 Å². The molecule has 0 radical (unpaired) electrons. The average molecular weight is 172 g/mol. The third kappa shape index (κ3) is 3.35. The first-order chi connectivity index (χ1) is 5.74. The number of rotatable bonds is 7. The Bertz CT molecular complexity index is 111. The fourth-order valence-electron chi connectivity index (χ4n) is 1.66. The molecule has 0 heterocycles. The van der Waals surface area contributed by atoms with E-state index in [2.05, 4.69) is 20.8 Å². The summed E-state index contributed by atoms with van der Waals surface area (Å²) in [4.78, 5) is 10.1. The summed E-state index contributed by atoms with van der Waals surface area (Å²) < 4.78 is 1.16. The van der Waals surface area contributed by atoms with Crippen LogP contribution < -0.4 is 0 Å². The zero-order chi connectivity index (χ0) is 9.45. The van der Waals surface area contributed by atoms with E-state index in [1.807, 2.05) is 0 Å². The fraction of sp³-hybridized carbons (Fsp3) is 0.900. The number of carbonyl (C=O) groups is 1. The summed E-state index contributed by atoms with van der Waals surface area (Å²) in [6.45, 7) is 11.4. The molecule has 0 atom stereocenters. The van der Waals surface area contributed by atoms with E-state index in [9.17, 15) is 4.79 Å². The van der Waals surface area contributed by atoms with Crippen LogP contribution in [0.5, 0.6) is 0 Å². The molecule has 0 aliphatic heterocycles. The Kier molecular flexibility index (Phi) is 5.99. The van der Waals surface area contributed by atoms with Gasteiger partial charge in [0.15, 0.2) is 0 Å². The first kappa shape index (κ1) is 11.6. The van der Waals surface area contributed by atoms with Gasteiger partial charge in [-0.2, -0.15) is 0 Å². The van der Waals surface area contributed by atoms with E-state index in [1.54, 1.807) is 0 Å². The number of carbonyl (C=O) groups excluding carboxylic acids is 1. The summed E-state index contributed by atoms with van der Waals surface area (Å²) in [6, 6.07) is 0. The maximum Gasteiger partial charge on any atom is 0.120 e. The summed E-state index contributed by atoms with van der Waals surface area (Å²) in [7, 11) is 0. The van der Waals surface area contributed by atoms with Gasteiger partial charge >= 0.3 is 0 Å². The van der Waals surface area contributed by atoms with Crippen LogP contribution in [0.1, 0.15) is 33.6 Å². The lowest BCUT2D eigenvalue weighted by Gasteiger charge is -2.35. The molecule has 0 rings (SSSR count). The molecule has 0 aromatic carbocycles. The van der Waals surface area contributed by atoms with Crippen LogP contribution in [0.2, 0.25) is 0 Å². The zero-order valence-electron chi connectivity index (χ0n) is 8.68. The van der Waals surface area contributed by atoms with Crippen molar-refractivity contribution in [2.75, 3.05) is 26.2 Å². The first-order valence-corrected chi connectivity index (χ1v) is 5.03. The summed E-state index contributed by atoms with van der Waals surface area (Å²) in [5.74, 6) is 0. The van der Waals surface area contributed by atoms with Gasteiger partial charge in [-0.3, -0.25) is 0 Å². The van der Waals surface area contributed by atoms with E-state index in [4.69, 9.17) is 0 Å². The van der Waals surface area contributed by atoms with Crippen LogP contribution in [-0.4, -0.2) is 36.9 Å². The van der Waals surface area contributed by atoms with Gasteiger partial charge in [-0.05, 0) is 20.8 Å². The Hall–Kier alpha value is -0.370. The summed E-state index contributed by atoms with van der Waals surface area (Å²) in [5.41, 5.74) is 0. The van der Waals surface area contributed by atoms with E-state index in [0.29, 0.717) is 0 Å². The van der Waals surface area contributed by atoms with Crippen molar-refractivity contribution in [2.24, 2.45) is 0 Å². The number of aldehydes is 1. The third-order valence-electron chi connectivity index (χ3n) is 2.97. The van der Waals surface area contributed by atoms with Crippen LogP contribution in [0.3, 0.4) is 0 Å². The lowest BCUT2D eigenvalue weighted by Crippen LogP contribution is -2.48. The molecule has 0 spiro atoms. The minimum atomic E-state index is 0.722. The van der Waals surface area contributed by atoms with Gasteiger partial charge in [-0.25, -0.2) is 0 Å². The van der Waals surface area contributed by atoms with Crippen LogP contribution in [-0.2, 0) is 4.79 Å². The molecule has 0 unspecified atom stereocenters. The van der Waals surface area contributed by atoms with Crippen molar-refractivity contribution in [1.82, 2.24) is 0 Å². The molecule has 0 aromatic heterocycles. The van der Waals surface area contributed by atoms with Crippen LogP contribution >= 0.6 is 0 Å². The molecule has 0 saturated heterocycles. The highest BCUT2D eigenvalue weighted by Crippen LogP contribution is 2.07. The van der Waals surface area contributed by atoms with Crippen molar-refractivity contribution < 1.29 is 9.28 Å². The number of nitrogens with zero attached hydrogens (tertiary/aromatic N) is 1. The number of unbranched alkanes of at least 4 members (excludes halogenated alkanes) is 1. The molecular formula is C10H22NO+. The molecule has 12 heavy (non-hydrogen) atoms. The lowest BCUT2D eigenvalue weighted by molar-refractivity contribution is -0.923. The number of hydrogen-bond donors (Lipinski definition) is 0. The Balaban J connectivity index is 3.84. The molecule has 0 fully saturated rings. The molecule has 0 saturated carbocycles. The van der Waals surface area contributed by atoms with Crippen molar-refractivity contribution in [3.05, 3.63) is 0 Å². The quantitative estimate of drug-likeness (QED) is 0.325. The van der Waals surface area contributed by atoms with Gasteiger partial charge < -0.3 is 9.28 Å². The summed E-state index contributed by atoms with van der Waals surface area (Å²) >= 11 is 0. The van der Waals surface area contributed by atoms with Crippen LogP contribution in [0, 0.1) is 0 Å². The number of hydrogen-bond acceptors (Lipinski definition) is 1. The van der Waals surface area contributed by atoms with Crippen molar-refractivity contribution in [3.63, 3.8) is 0 Å². The molecule has 0 N–H and O–H groups in total.